The van der Waals surface area contributed by atoms with E-state index in [-0.39, 0.29) is 48.1 Å². The number of H-pyrrole nitrogens is 1. The minimum absolute atomic E-state index is 0.00570. The van der Waals surface area contributed by atoms with Crippen LogP contribution in [0.1, 0.15) is 95.2 Å². The number of hydrogen-bond donors (Lipinski definition) is 1. The number of fused-ring (bicyclic) bond motifs is 5. The van der Waals surface area contributed by atoms with Crippen LogP contribution in [0.3, 0.4) is 0 Å². The predicted molar refractivity (Wildman–Crippen MR) is 233 cm³/mol. The molecule has 3 saturated heterocycles. The van der Waals surface area contributed by atoms with E-state index in [1.165, 1.54) is 36.1 Å². The molecule has 4 amide bonds. The van der Waals surface area contributed by atoms with E-state index < -0.39 is 48.6 Å². The first-order valence-electron chi connectivity index (χ1n) is 22.5. The van der Waals surface area contributed by atoms with Gasteiger partial charge in [0, 0.05) is 86.7 Å². The Balaban J connectivity index is 0.770. The lowest BCUT2D eigenvalue weighted by Crippen LogP contribution is -2.52. The number of carbonyl (C=O) groups excluding carboxylic acids is 4. The number of likely N-dealkylation sites (N-methyl/N-ethyl adjacent to an activating group) is 1. The molecule has 1 N–H and O–H groups in total. The molecule has 0 radical (unpaired) electrons. The number of amides is 4. The van der Waals surface area contributed by atoms with E-state index in [9.17, 15) is 28.0 Å². The summed E-state index contributed by atoms with van der Waals surface area (Å²) in [5.41, 5.74) is 5.44. The molecule has 1 spiro atoms. The lowest BCUT2D eigenvalue weighted by atomic mass is 9.71. The van der Waals surface area contributed by atoms with E-state index in [2.05, 4.69) is 16.8 Å². The number of carbonyl (C=O) groups is 4. The lowest BCUT2D eigenvalue weighted by Gasteiger charge is -2.47. The Bertz CT molecular complexity index is 2630. The number of aromatic nitrogens is 2. The third kappa shape index (κ3) is 7.16. The summed E-state index contributed by atoms with van der Waals surface area (Å²) in [5, 5.41) is 7.89. The van der Waals surface area contributed by atoms with Crippen LogP contribution in [-0.4, -0.2) is 130 Å². The van der Waals surface area contributed by atoms with E-state index in [1.807, 2.05) is 27.7 Å². The number of piperidine rings is 3. The van der Waals surface area contributed by atoms with Crippen molar-refractivity contribution in [3.05, 3.63) is 93.7 Å². The van der Waals surface area contributed by atoms with Gasteiger partial charge in [-0.1, -0.05) is 12.6 Å². The Hall–Kier alpha value is -5.81. The van der Waals surface area contributed by atoms with Crippen molar-refractivity contribution in [3.63, 3.8) is 0 Å². The summed E-state index contributed by atoms with van der Waals surface area (Å²) in [6.45, 7) is 8.81. The first kappa shape index (κ1) is 43.1. The van der Waals surface area contributed by atoms with Crippen molar-refractivity contribution in [2.75, 3.05) is 58.3 Å². The highest BCUT2D eigenvalue weighted by Crippen LogP contribution is 2.48. The molecule has 0 saturated carbocycles. The van der Waals surface area contributed by atoms with Gasteiger partial charge in [0.05, 0.1) is 49.1 Å². The average Bonchev–Trinajstić information content (AvgIpc) is 3.99. The summed E-state index contributed by atoms with van der Waals surface area (Å²) in [5.74, 6) is -2.10. The van der Waals surface area contributed by atoms with Crippen molar-refractivity contribution in [2.45, 2.75) is 89.5 Å². The van der Waals surface area contributed by atoms with Gasteiger partial charge in [0.15, 0.2) is 0 Å². The number of alkyl halides is 2. The number of nitrogens with one attached hydrogen (secondary N) is 1. The summed E-state index contributed by atoms with van der Waals surface area (Å²) in [4.78, 5) is 62.7. The summed E-state index contributed by atoms with van der Waals surface area (Å²) in [6.07, 6.45) is 3.02. The second-order valence-electron chi connectivity index (χ2n) is 18.8. The molecule has 6 aliphatic rings. The predicted octanol–water partition coefficient (Wildman–Crippen LogP) is 6.25. The zero-order valence-corrected chi connectivity index (χ0v) is 36.8. The number of ether oxygens (including phenoxy) is 1. The number of halogens is 4. The number of aromatic amines is 1. The molecule has 17 heteroatoms. The largest absolute Gasteiger partial charge is 0.496 e. The van der Waals surface area contributed by atoms with Gasteiger partial charge in [-0.15, -0.1) is 0 Å². The summed E-state index contributed by atoms with van der Waals surface area (Å²) in [6, 6.07) is 5.79. The average molecular weight is 897 g/mol. The third-order valence-electron chi connectivity index (χ3n) is 15.3. The minimum Gasteiger partial charge on any atom is -0.496 e. The molecule has 0 aliphatic carbocycles. The van der Waals surface area contributed by atoms with Crippen LogP contribution in [0.5, 0.6) is 5.75 Å². The number of methoxy groups -OCH3 is 1. The lowest BCUT2D eigenvalue weighted by molar-refractivity contribution is -0.149. The van der Waals surface area contributed by atoms with E-state index in [0.717, 1.165) is 58.2 Å². The Morgan fingerprint density at radius 1 is 1.00 bits per heavy atom. The fraction of sp³-hybridized carbons (Fsp3) is 0.479. The minimum atomic E-state index is -2.69. The Morgan fingerprint density at radius 2 is 1.71 bits per heavy atom. The van der Waals surface area contributed by atoms with Crippen LogP contribution in [0.25, 0.3) is 16.6 Å². The molecule has 65 heavy (non-hydrogen) atoms. The topological polar surface area (TPSA) is 126 Å². The fourth-order valence-corrected chi connectivity index (χ4v) is 11.7. The van der Waals surface area contributed by atoms with Gasteiger partial charge < -0.3 is 14.5 Å². The van der Waals surface area contributed by atoms with Crippen molar-refractivity contribution in [2.24, 2.45) is 5.41 Å². The van der Waals surface area contributed by atoms with E-state index in [0.29, 0.717) is 79.5 Å². The maximum absolute atomic E-state index is 16.4. The number of rotatable bonds is 8. The van der Waals surface area contributed by atoms with E-state index in [1.54, 1.807) is 18.3 Å². The zero-order valence-electron chi connectivity index (χ0n) is 36.8. The molecule has 10 rings (SSSR count). The highest BCUT2D eigenvalue weighted by atomic mass is 19.3. The first-order valence-corrected chi connectivity index (χ1v) is 22.5. The normalized spacial score (nSPS) is 23.6. The molecule has 1 unspecified atom stereocenters. The molecule has 6 aliphatic heterocycles. The van der Waals surface area contributed by atoms with Crippen LogP contribution in [0, 0.1) is 17.0 Å². The van der Waals surface area contributed by atoms with Gasteiger partial charge >= 0.3 is 0 Å². The molecule has 342 valence electrons. The standard InChI is InChI=1S/C48H52F4N8O5/c1-26-17-31-30(5-6-37-33(31)21-53-54-37)44(59(26)24-39(51)52)43-35(49)19-29(20-36(43)50)57-13-9-48(10-14-57)11-15-58(16-12-48)41(62)25-56-22-28-18-32-42(45(65-4)34(28)23-56)27(2)60(46(32)63)38-7-8-40(61)55(3)47(38)64/h5-6,18-21,26,38-39,44H,2,7-17,22-25H2,1,3-4H3,(H,53,54)/t26-,38?,44+/m1/s1. The Morgan fingerprint density at radius 3 is 2.40 bits per heavy atom. The summed E-state index contributed by atoms with van der Waals surface area (Å²) >= 11 is 0. The zero-order chi connectivity index (χ0) is 45.6. The summed E-state index contributed by atoms with van der Waals surface area (Å²) in [7, 11) is 2.96. The van der Waals surface area contributed by atoms with Crippen molar-refractivity contribution in [3.8, 4) is 5.75 Å². The molecule has 13 nitrogen and oxygen atoms in total. The van der Waals surface area contributed by atoms with Crippen molar-refractivity contribution >= 4 is 45.9 Å². The molecule has 4 aromatic rings. The third-order valence-corrected chi connectivity index (χ3v) is 15.3. The smallest absolute Gasteiger partial charge is 0.259 e. The maximum Gasteiger partial charge on any atom is 0.259 e. The van der Waals surface area contributed by atoms with Gasteiger partial charge in [0.2, 0.25) is 11.8 Å². The van der Waals surface area contributed by atoms with E-state index in [4.69, 9.17) is 4.74 Å². The molecule has 3 aromatic carbocycles. The van der Waals surface area contributed by atoms with Gasteiger partial charge in [-0.05, 0) is 91.8 Å². The van der Waals surface area contributed by atoms with E-state index >= 15 is 8.78 Å². The molecular formula is C48H52F4N8O5. The van der Waals surface area contributed by atoms with Crippen LogP contribution in [0.4, 0.5) is 23.2 Å². The Labute approximate surface area is 373 Å². The highest BCUT2D eigenvalue weighted by Gasteiger charge is 2.47. The van der Waals surface area contributed by atoms with Gasteiger partial charge in [-0.25, -0.2) is 17.6 Å². The van der Waals surface area contributed by atoms with Gasteiger partial charge in [-0.3, -0.25) is 43.9 Å². The number of hydrogen-bond acceptors (Lipinski definition) is 9. The van der Waals surface area contributed by atoms with Crippen molar-refractivity contribution in [1.29, 1.82) is 0 Å². The fourth-order valence-electron chi connectivity index (χ4n) is 11.7. The van der Waals surface area contributed by atoms with Crippen molar-refractivity contribution < 1.29 is 41.5 Å². The summed E-state index contributed by atoms with van der Waals surface area (Å²) < 4.78 is 66.6. The number of anilines is 1. The van der Waals surface area contributed by atoms with Crippen LogP contribution >= 0.6 is 0 Å². The molecular weight excluding hydrogens is 845 g/mol. The molecule has 0 bridgehead atoms. The number of likely N-dealkylation sites (tertiary alicyclic amines) is 2. The SMILES string of the molecule is C=C1c2c(cc3c(c2OC)CN(CC(=O)N2CCC4(CC2)CCN(c2cc(F)c([C@@H]5c6ccc7[nH]ncc7c6C[C@@H](C)N5CC(F)F)c(F)c2)CC4)C3)C(=O)N1C1CCC(=O)N(C)C1=O. The monoisotopic (exact) mass is 896 g/mol. The van der Waals surface area contributed by atoms with Crippen LogP contribution in [0.2, 0.25) is 0 Å². The second-order valence-corrected chi connectivity index (χ2v) is 18.8. The van der Waals surface area contributed by atoms with Gasteiger partial charge in [0.1, 0.15) is 23.4 Å². The van der Waals surface area contributed by atoms with Crippen LogP contribution in [-0.2, 0) is 33.9 Å². The number of benzene rings is 3. The van der Waals surface area contributed by atoms with Crippen LogP contribution < -0.4 is 9.64 Å². The molecule has 3 fully saturated rings. The maximum atomic E-state index is 16.4. The molecule has 3 atom stereocenters. The molecule has 1 aromatic heterocycles. The Kier molecular flexibility index (Phi) is 10.8. The van der Waals surface area contributed by atoms with Gasteiger partial charge in [-0.2, -0.15) is 5.10 Å². The molecule has 7 heterocycles. The van der Waals surface area contributed by atoms with Gasteiger partial charge in [0.25, 0.3) is 18.2 Å². The highest BCUT2D eigenvalue weighted by molar-refractivity contribution is 6.13. The second kappa shape index (κ2) is 16.3. The number of imide groups is 1. The van der Waals surface area contributed by atoms with Crippen molar-refractivity contribution in [1.82, 2.24) is 34.7 Å². The first-order chi connectivity index (χ1) is 31.2. The number of nitrogens with zero attached hydrogens (tertiary/aromatic N) is 7. The van der Waals surface area contributed by atoms with Crippen LogP contribution in [0.15, 0.2) is 43.1 Å². The quantitative estimate of drug-likeness (QED) is 0.162.